The molecule has 0 amide bonds. The van der Waals surface area contributed by atoms with Gasteiger partial charge in [-0.25, -0.2) is 4.39 Å². The van der Waals surface area contributed by atoms with Gasteiger partial charge in [0.05, 0.1) is 13.2 Å². The van der Waals surface area contributed by atoms with Crippen molar-refractivity contribution in [2.45, 2.75) is 19.1 Å². The monoisotopic (exact) mass is 287 g/mol. The minimum Gasteiger partial charge on any atom is -0.497 e. The number of benzene rings is 2. The minimum atomic E-state index is -0.432. The number of methoxy groups -OCH3 is 1. The van der Waals surface area contributed by atoms with Gasteiger partial charge < -0.3 is 14.7 Å². The quantitative estimate of drug-likeness (QED) is 0.940. The van der Waals surface area contributed by atoms with Crippen molar-refractivity contribution in [3.8, 4) is 5.75 Å². The molecule has 4 heteroatoms. The fraction of sp³-hybridized carbons (Fsp3) is 0.294. The molecule has 3 rings (SSSR count). The van der Waals surface area contributed by atoms with Gasteiger partial charge in [-0.15, -0.1) is 0 Å². The molecule has 1 atom stereocenters. The number of aliphatic hydroxyl groups is 1. The molecule has 1 heterocycles. The van der Waals surface area contributed by atoms with Crippen LogP contribution in [0.3, 0.4) is 0 Å². The van der Waals surface area contributed by atoms with Crippen molar-refractivity contribution in [3.05, 3.63) is 59.4 Å². The van der Waals surface area contributed by atoms with Crippen LogP contribution in [-0.2, 0) is 6.54 Å². The third-order valence-electron chi connectivity index (χ3n) is 3.93. The number of aliphatic hydroxyl groups excluding tert-OH is 1. The van der Waals surface area contributed by atoms with E-state index in [9.17, 15) is 9.50 Å². The van der Waals surface area contributed by atoms with Crippen LogP contribution in [0.1, 0.15) is 23.7 Å². The zero-order chi connectivity index (χ0) is 14.8. The SMILES string of the molecule is COc1ccc(CN2CCC(O)c3ccccc32)c(F)c1. The van der Waals surface area contributed by atoms with Crippen molar-refractivity contribution < 1.29 is 14.2 Å². The number of para-hydroxylation sites is 1. The molecule has 0 aliphatic carbocycles. The lowest BCUT2D eigenvalue weighted by atomic mass is 9.98. The Hall–Kier alpha value is -2.07. The normalized spacial score (nSPS) is 17.5. The van der Waals surface area contributed by atoms with E-state index < -0.39 is 6.10 Å². The maximum absolute atomic E-state index is 14.1. The van der Waals surface area contributed by atoms with Crippen LogP contribution >= 0.6 is 0 Å². The third-order valence-corrected chi connectivity index (χ3v) is 3.93. The molecule has 2 aromatic rings. The van der Waals surface area contributed by atoms with E-state index in [2.05, 4.69) is 4.90 Å². The highest BCUT2D eigenvalue weighted by Gasteiger charge is 2.23. The summed E-state index contributed by atoms with van der Waals surface area (Å²) in [6, 6.07) is 12.7. The first kappa shape index (κ1) is 13.9. The van der Waals surface area contributed by atoms with E-state index in [-0.39, 0.29) is 5.82 Å². The fourth-order valence-electron chi connectivity index (χ4n) is 2.76. The van der Waals surface area contributed by atoms with Crippen molar-refractivity contribution in [2.75, 3.05) is 18.6 Å². The van der Waals surface area contributed by atoms with Gasteiger partial charge in [0.1, 0.15) is 11.6 Å². The molecule has 21 heavy (non-hydrogen) atoms. The van der Waals surface area contributed by atoms with E-state index in [0.29, 0.717) is 30.8 Å². The number of fused-ring (bicyclic) bond motifs is 1. The van der Waals surface area contributed by atoms with Gasteiger partial charge in [-0.1, -0.05) is 24.3 Å². The Morgan fingerprint density at radius 2 is 2.10 bits per heavy atom. The van der Waals surface area contributed by atoms with Crippen molar-refractivity contribution in [2.24, 2.45) is 0 Å². The van der Waals surface area contributed by atoms with E-state index in [1.807, 2.05) is 24.3 Å². The largest absolute Gasteiger partial charge is 0.497 e. The summed E-state index contributed by atoms with van der Waals surface area (Å²) < 4.78 is 19.1. The highest BCUT2D eigenvalue weighted by Crippen LogP contribution is 2.34. The Morgan fingerprint density at radius 1 is 1.29 bits per heavy atom. The third kappa shape index (κ3) is 2.72. The van der Waals surface area contributed by atoms with Gasteiger partial charge in [0.25, 0.3) is 0 Å². The molecule has 3 nitrogen and oxygen atoms in total. The van der Waals surface area contributed by atoms with E-state index in [1.165, 1.54) is 13.2 Å². The molecule has 1 unspecified atom stereocenters. The number of hydrogen-bond donors (Lipinski definition) is 1. The highest BCUT2D eigenvalue weighted by molar-refractivity contribution is 5.56. The van der Waals surface area contributed by atoms with Gasteiger partial charge in [-0.05, 0) is 18.6 Å². The molecular weight excluding hydrogens is 269 g/mol. The van der Waals surface area contributed by atoms with Crippen LogP contribution in [0.15, 0.2) is 42.5 Å². The standard InChI is InChI=1S/C17H18FNO2/c1-21-13-7-6-12(15(18)10-13)11-19-9-8-17(20)14-4-2-3-5-16(14)19/h2-7,10,17,20H,8-9,11H2,1H3. The van der Waals surface area contributed by atoms with Crippen molar-refractivity contribution in [3.63, 3.8) is 0 Å². The molecule has 0 aromatic heterocycles. The first-order valence-electron chi connectivity index (χ1n) is 7.03. The Labute approximate surface area is 123 Å². The lowest BCUT2D eigenvalue weighted by Gasteiger charge is -2.34. The lowest BCUT2D eigenvalue weighted by molar-refractivity contribution is 0.164. The van der Waals surface area contributed by atoms with E-state index in [0.717, 1.165) is 11.3 Å². The summed E-state index contributed by atoms with van der Waals surface area (Å²) in [7, 11) is 1.52. The van der Waals surface area contributed by atoms with Gasteiger partial charge in [-0.3, -0.25) is 0 Å². The lowest BCUT2D eigenvalue weighted by Crippen LogP contribution is -2.31. The predicted molar refractivity (Wildman–Crippen MR) is 80.0 cm³/mol. The van der Waals surface area contributed by atoms with E-state index in [1.54, 1.807) is 12.1 Å². The van der Waals surface area contributed by atoms with Crippen LogP contribution < -0.4 is 9.64 Å². The molecular formula is C17H18FNO2. The predicted octanol–water partition coefficient (Wildman–Crippen LogP) is 3.28. The van der Waals surface area contributed by atoms with Crippen LogP contribution in [0.25, 0.3) is 0 Å². The van der Waals surface area contributed by atoms with Crippen LogP contribution in [0.5, 0.6) is 5.75 Å². The first-order valence-corrected chi connectivity index (χ1v) is 7.03. The van der Waals surface area contributed by atoms with Crippen LogP contribution in [0.4, 0.5) is 10.1 Å². The molecule has 0 fully saturated rings. The smallest absolute Gasteiger partial charge is 0.131 e. The number of hydrogen-bond acceptors (Lipinski definition) is 3. The van der Waals surface area contributed by atoms with Gasteiger partial charge >= 0.3 is 0 Å². The maximum atomic E-state index is 14.1. The number of anilines is 1. The van der Waals surface area contributed by atoms with E-state index >= 15 is 0 Å². The Kier molecular flexibility index (Phi) is 3.80. The number of ether oxygens (including phenoxy) is 1. The minimum absolute atomic E-state index is 0.266. The Morgan fingerprint density at radius 3 is 2.86 bits per heavy atom. The summed E-state index contributed by atoms with van der Waals surface area (Å²) in [5.41, 5.74) is 2.52. The molecule has 2 aromatic carbocycles. The summed E-state index contributed by atoms with van der Waals surface area (Å²) in [5.74, 6) is 0.253. The molecule has 1 aliphatic heterocycles. The van der Waals surface area contributed by atoms with Gasteiger partial charge in [0.15, 0.2) is 0 Å². The van der Waals surface area contributed by atoms with Crippen molar-refractivity contribution >= 4 is 5.69 Å². The topological polar surface area (TPSA) is 32.7 Å². The maximum Gasteiger partial charge on any atom is 0.131 e. The first-order chi connectivity index (χ1) is 10.2. The van der Waals surface area contributed by atoms with Gasteiger partial charge in [0, 0.05) is 36.0 Å². The summed E-state index contributed by atoms with van der Waals surface area (Å²) >= 11 is 0. The average molecular weight is 287 g/mol. The van der Waals surface area contributed by atoms with Crippen LogP contribution in [-0.4, -0.2) is 18.8 Å². The molecule has 110 valence electrons. The van der Waals surface area contributed by atoms with Crippen molar-refractivity contribution in [1.29, 1.82) is 0 Å². The second-order valence-electron chi connectivity index (χ2n) is 5.24. The van der Waals surface area contributed by atoms with E-state index in [4.69, 9.17) is 4.74 Å². The second kappa shape index (κ2) is 5.74. The summed E-state index contributed by atoms with van der Waals surface area (Å²) in [4.78, 5) is 2.10. The van der Waals surface area contributed by atoms with Crippen LogP contribution in [0, 0.1) is 5.82 Å². The van der Waals surface area contributed by atoms with Crippen molar-refractivity contribution in [1.82, 2.24) is 0 Å². The highest BCUT2D eigenvalue weighted by atomic mass is 19.1. The zero-order valence-corrected chi connectivity index (χ0v) is 11.9. The Balaban J connectivity index is 1.88. The molecule has 0 bridgehead atoms. The molecule has 0 spiro atoms. The molecule has 0 saturated heterocycles. The fourth-order valence-corrected chi connectivity index (χ4v) is 2.76. The van der Waals surface area contributed by atoms with Gasteiger partial charge in [-0.2, -0.15) is 0 Å². The Bertz CT molecular complexity index is 644. The molecule has 1 N–H and O–H groups in total. The number of halogens is 1. The molecule has 1 aliphatic rings. The number of nitrogens with zero attached hydrogens (tertiary/aromatic N) is 1. The second-order valence-corrected chi connectivity index (χ2v) is 5.24. The number of rotatable bonds is 3. The summed E-state index contributed by atoms with van der Waals surface area (Å²) in [6.45, 7) is 1.20. The molecule has 0 saturated carbocycles. The van der Waals surface area contributed by atoms with Crippen LogP contribution in [0.2, 0.25) is 0 Å². The molecule has 0 radical (unpaired) electrons. The average Bonchev–Trinajstić information content (AvgIpc) is 2.52. The van der Waals surface area contributed by atoms with Gasteiger partial charge in [0.2, 0.25) is 0 Å². The summed E-state index contributed by atoms with van der Waals surface area (Å²) in [5, 5.41) is 10.1. The zero-order valence-electron chi connectivity index (χ0n) is 11.9. The summed E-state index contributed by atoms with van der Waals surface area (Å²) in [6.07, 6.45) is 0.229.